The molecule has 2 saturated carbocycles. The summed E-state index contributed by atoms with van der Waals surface area (Å²) in [5.74, 6) is 0.839. The van der Waals surface area contributed by atoms with Gasteiger partial charge >= 0.3 is 0 Å². The van der Waals surface area contributed by atoms with Gasteiger partial charge in [-0.05, 0) is 38.0 Å². The lowest BCUT2D eigenvalue weighted by Gasteiger charge is -2.25. The lowest BCUT2D eigenvalue weighted by Crippen LogP contribution is -2.41. The molecule has 2 fully saturated rings. The summed E-state index contributed by atoms with van der Waals surface area (Å²) in [5.41, 5.74) is 5.91. The molecular weight excluding hydrogens is 278 g/mol. The van der Waals surface area contributed by atoms with E-state index in [4.69, 9.17) is 5.73 Å². The van der Waals surface area contributed by atoms with Crippen LogP contribution >= 0.6 is 0 Å². The average molecular weight is 309 g/mol. The molecule has 0 saturated heterocycles. The topological polar surface area (TPSA) is 84.2 Å². The smallest absolute Gasteiger partial charge is 0.223 e. The summed E-state index contributed by atoms with van der Waals surface area (Å²) in [4.78, 5) is 23.9. The van der Waals surface area contributed by atoms with E-state index < -0.39 is 0 Å². The fourth-order valence-electron chi connectivity index (χ4n) is 3.72. The van der Waals surface area contributed by atoms with Crippen LogP contribution in [0.5, 0.6) is 0 Å². The molecule has 2 amide bonds. The molecular formula is C17H31N3O2. The van der Waals surface area contributed by atoms with Gasteiger partial charge in [-0.3, -0.25) is 9.59 Å². The van der Waals surface area contributed by atoms with Crippen LogP contribution in [0.3, 0.4) is 0 Å². The van der Waals surface area contributed by atoms with Crippen LogP contribution in [0.2, 0.25) is 0 Å². The summed E-state index contributed by atoms with van der Waals surface area (Å²) >= 11 is 0. The predicted molar refractivity (Wildman–Crippen MR) is 87.1 cm³/mol. The SMILES string of the molecule is NC1CCCC(C(=O)NCCNC(=O)CC2CCCCC2)C1. The molecule has 5 heteroatoms. The first kappa shape index (κ1) is 17.3. The van der Waals surface area contributed by atoms with E-state index >= 15 is 0 Å². The van der Waals surface area contributed by atoms with Crippen molar-refractivity contribution in [2.24, 2.45) is 17.6 Å². The molecule has 0 aliphatic heterocycles. The minimum Gasteiger partial charge on any atom is -0.354 e. The molecule has 22 heavy (non-hydrogen) atoms. The second kappa shape index (κ2) is 9.13. The summed E-state index contributed by atoms with van der Waals surface area (Å²) in [7, 11) is 0. The Bertz CT molecular complexity index is 367. The molecule has 2 unspecified atom stereocenters. The molecule has 126 valence electrons. The van der Waals surface area contributed by atoms with E-state index in [1.54, 1.807) is 0 Å². The first-order chi connectivity index (χ1) is 10.6. The molecule has 0 radical (unpaired) electrons. The Morgan fingerprint density at radius 3 is 2.36 bits per heavy atom. The second-order valence-corrected chi connectivity index (χ2v) is 6.97. The van der Waals surface area contributed by atoms with Crippen molar-refractivity contribution in [3.8, 4) is 0 Å². The number of carbonyl (C=O) groups is 2. The number of nitrogens with one attached hydrogen (secondary N) is 2. The molecule has 0 aromatic rings. The van der Waals surface area contributed by atoms with Crippen molar-refractivity contribution < 1.29 is 9.59 Å². The van der Waals surface area contributed by atoms with E-state index in [0.29, 0.717) is 25.4 Å². The Labute approximate surface area is 133 Å². The fraction of sp³-hybridized carbons (Fsp3) is 0.882. The Morgan fingerprint density at radius 1 is 0.909 bits per heavy atom. The van der Waals surface area contributed by atoms with Gasteiger partial charge < -0.3 is 16.4 Å². The molecule has 2 aliphatic carbocycles. The summed E-state index contributed by atoms with van der Waals surface area (Å²) in [6, 6.07) is 0.166. The molecule has 5 nitrogen and oxygen atoms in total. The van der Waals surface area contributed by atoms with Crippen molar-refractivity contribution in [1.29, 1.82) is 0 Å². The molecule has 0 heterocycles. The highest BCUT2D eigenvalue weighted by Gasteiger charge is 2.24. The van der Waals surface area contributed by atoms with E-state index in [1.165, 1.54) is 32.1 Å². The van der Waals surface area contributed by atoms with Gasteiger partial charge in [0.25, 0.3) is 0 Å². The number of carbonyl (C=O) groups excluding carboxylic acids is 2. The van der Waals surface area contributed by atoms with Crippen molar-refractivity contribution in [1.82, 2.24) is 10.6 Å². The largest absolute Gasteiger partial charge is 0.354 e. The van der Waals surface area contributed by atoms with Crippen LogP contribution in [0, 0.1) is 11.8 Å². The third kappa shape index (κ3) is 5.95. The summed E-state index contributed by atoms with van der Waals surface area (Å²) in [6.45, 7) is 1.04. The van der Waals surface area contributed by atoms with Gasteiger partial charge in [0.05, 0.1) is 0 Å². The number of hydrogen-bond donors (Lipinski definition) is 3. The summed E-state index contributed by atoms with van der Waals surface area (Å²) in [5, 5.41) is 5.84. The van der Waals surface area contributed by atoms with Crippen LogP contribution in [0.1, 0.15) is 64.2 Å². The van der Waals surface area contributed by atoms with Gasteiger partial charge in [-0.25, -0.2) is 0 Å². The molecule has 4 N–H and O–H groups in total. The molecule has 2 aliphatic rings. The van der Waals surface area contributed by atoms with Crippen molar-refractivity contribution >= 4 is 11.8 Å². The third-order valence-electron chi connectivity index (χ3n) is 5.03. The van der Waals surface area contributed by atoms with Crippen molar-refractivity contribution in [3.05, 3.63) is 0 Å². The maximum atomic E-state index is 12.0. The molecule has 0 aromatic carbocycles. The number of nitrogens with two attached hydrogens (primary N) is 1. The van der Waals surface area contributed by atoms with Gasteiger partial charge in [-0.2, -0.15) is 0 Å². The lowest BCUT2D eigenvalue weighted by atomic mass is 9.85. The monoisotopic (exact) mass is 309 g/mol. The minimum atomic E-state index is 0.0571. The van der Waals surface area contributed by atoms with E-state index in [2.05, 4.69) is 10.6 Å². The molecule has 2 atom stereocenters. The van der Waals surface area contributed by atoms with E-state index in [1.807, 2.05) is 0 Å². The van der Waals surface area contributed by atoms with Crippen LogP contribution in [-0.2, 0) is 9.59 Å². The van der Waals surface area contributed by atoms with Gasteiger partial charge in [-0.1, -0.05) is 25.7 Å². The van der Waals surface area contributed by atoms with Gasteiger partial charge in [0.1, 0.15) is 0 Å². The molecule has 0 aromatic heterocycles. The van der Waals surface area contributed by atoms with Gasteiger partial charge in [0.15, 0.2) is 0 Å². The minimum absolute atomic E-state index is 0.0571. The lowest BCUT2D eigenvalue weighted by molar-refractivity contribution is -0.126. The van der Waals surface area contributed by atoms with Crippen LogP contribution in [0.15, 0.2) is 0 Å². The van der Waals surface area contributed by atoms with Crippen molar-refractivity contribution in [2.45, 2.75) is 70.3 Å². The maximum Gasteiger partial charge on any atom is 0.223 e. The first-order valence-corrected chi connectivity index (χ1v) is 8.95. The van der Waals surface area contributed by atoms with E-state index in [-0.39, 0.29) is 23.8 Å². The highest BCUT2D eigenvalue weighted by molar-refractivity contribution is 5.79. The Kier molecular flexibility index (Phi) is 7.16. The zero-order valence-electron chi connectivity index (χ0n) is 13.6. The Morgan fingerprint density at radius 2 is 1.64 bits per heavy atom. The van der Waals surface area contributed by atoms with E-state index in [9.17, 15) is 9.59 Å². The second-order valence-electron chi connectivity index (χ2n) is 6.97. The van der Waals surface area contributed by atoms with Crippen LogP contribution in [0.4, 0.5) is 0 Å². The van der Waals surface area contributed by atoms with Crippen LogP contribution < -0.4 is 16.4 Å². The zero-order chi connectivity index (χ0) is 15.8. The van der Waals surface area contributed by atoms with Crippen LogP contribution in [0.25, 0.3) is 0 Å². The normalized spacial score (nSPS) is 26.4. The Balaban J connectivity index is 1.54. The highest BCUT2D eigenvalue weighted by Crippen LogP contribution is 2.26. The van der Waals surface area contributed by atoms with E-state index in [0.717, 1.165) is 25.7 Å². The predicted octanol–water partition coefficient (Wildman–Crippen LogP) is 1.71. The quantitative estimate of drug-likeness (QED) is 0.653. The number of amides is 2. The Hall–Kier alpha value is -1.10. The third-order valence-corrected chi connectivity index (χ3v) is 5.03. The average Bonchev–Trinajstić information content (AvgIpc) is 2.52. The highest BCUT2D eigenvalue weighted by atomic mass is 16.2. The fourth-order valence-corrected chi connectivity index (χ4v) is 3.72. The van der Waals surface area contributed by atoms with Gasteiger partial charge in [-0.15, -0.1) is 0 Å². The molecule has 0 bridgehead atoms. The maximum absolute atomic E-state index is 12.0. The zero-order valence-corrected chi connectivity index (χ0v) is 13.6. The standard InChI is InChI=1S/C17H31N3O2/c18-15-8-4-7-14(12-15)17(22)20-10-9-19-16(21)11-13-5-2-1-3-6-13/h13-15H,1-12,18H2,(H,19,21)(H,20,22). The number of rotatable bonds is 6. The summed E-state index contributed by atoms with van der Waals surface area (Å²) < 4.78 is 0. The molecule has 2 rings (SSSR count). The number of hydrogen-bond acceptors (Lipinski definition) is 3. The van der Waals surface area contributed by atoms with Crippen molar-refractivity contribution in [2.75, 3.05) is 13.1 Å². The molecule has 0 spiro atoms. The van der Waals surface area contributed by atoms with Crippen molar-refractivity contribution in [3.63, 3.8) is 0 Å². The van der Waals surface area contributed by atoms with Gasteiger partial charge in [0, 0.05) is 31.5 Å². The van der Waals surface area contributed by atoms with Gasteiger partial charge in [0.2, 0.25) is 11.8 Å². The van der Waals surface area contributed by atoms with Crippen LogP contribution in [-0.4, -0.2) is 30.9 Å². The summed E-state index contributed by atoms with van der Waals surface area (Å²) in [6.07, 6.45) is 10.7. The first-order valence-electron chi connectivity index (χ1n) is 8.95.